The first-order chi connectivity index (χ1) is 7.33. The molecule has 0 radical (unpaired) electrons. The minimum atomic E-state index is 0.878. The minimum absolute atomic E-state index is 0.878. The van der Waals surface area contributed by atoms with Crippen LogP contribution in [0.3, 0.4) is 0 Å². The van der Waals surface area contributed by atoms with Crippen LogP contribution in [-0.2, 0) is 0 Å². The first-order valence-electron chi connectivity index (χ1n) is 5.83. The second-order valence-corrected chi connectivity index (χ2v) is 6.97. The number of hydrogen-bond donors (Lipinski definition) is 0. The summed E-state index contributed by atoms with van der Waals surface area (Å²) in [5.41, 5.74) is 0. The molecular formula is C13H16S2. The fourth-order valence-corrected chi connectivity index (χ4v) is 5.06. The van der Waals surface area contributed by atoms with Crippen LogP contribution in [0.5, 0.6) is 0 Å². The van der Waals surface area contributed by atoms with Gasteiger partial charge in [0.1, 0.15) is 0 Å². The Kier molecular flexibility index (Phi) is 2.57. The fourth-order valence-electron chi connectivity index (χ4n) is 2.56. The van der Waals surface area contributed by atoms with Gasteiger partial charge in [-0.3, -0.25) is 0 Å². The van der Waals surface area contributed by atoms with Gasteiger partial charge in [0.25, 0.3) is 0 Å². The molecule has 0 unspecified atom stereocenters. The predicted octanol–water partition coefficient (Wildman–Crippen LogP) is 5.32. The van der Waals surface area contributed by atoms with Crippen molar-refractivity contribution < 1.29 is 0 Å². The molecule has 0 spiro atoms. The summed E-state index contributed by atoms with van der Waals surface area (Å²) in [6.07, 6.45) is 7.18. The predicted molar refractivity (Wildman–Crippen MR) is 70.3 cm³/mol. The lowest BCUT2D eigenvalue weighted by Crippen LogP contribution is -2.02. The molecule has 0 aliphatic heterocycles. The molecular weight excluding hydrogens is 220 g/mol. The highest BCUT2D eigenvalue weighted by Crippen LogP contribution is 2.41. The van der Waals surface area contributed by atoms with Crippen LogP contribution in [0.1, 0.15) is 47.8 Å². The summed E-state index contributed by atoms with van der Waals surface area (Å²) in [7, 11) is 0. The summed E-state index contributed by atoms with van der Waals surface area (Å²) in [4.78, 5) is 3.10. The lowest BCUT2D eigenvalue weighted by Gasteiger charge is -2.19. The quantitative estimate of drug-likeness (QED) is 0.628. The molecule has 0 atom stereocenters. The van der Waals surface area contributed by atoms with E-state index in [9.17, 15) is 0 Å². The Labute approximate surface area is 98.9 Å². The topological polar surface area (TPSA) is 0 Å². The van der Waals surface area contributed by atoms with Gasteiger partial charge in [-0.25, -0.2) is 0 Å². The lowest BCUT2D eigenvalue weighted by molar-refractivity contribution is 0.448. The van der Waals surface area contributed by atoms with Gasteiger partial charge in [0.2, 0.25) is 0 Å². The van der Waals surface area contributed by atoms with E-state index in [1.165, 1.54) is 46.4 Å². The first kappa shape index (κ1) is 9.86. The van der Waals surface area contributed by atoms with E-state index in [0.717, 1.165) is 5.92 Å². The van der Waals surface area contributed by atoms with E-state index < -0.39 is 0 Å². The summed E-state index contributed by atoms with van der Waals surface area (Å²) < 4.78 is 3.02. The van der Waals surface area contributed by atoms with E-state index >= 15 is 0 Å². The Bertz CT molecular complexity index is 426. The molecule has 1 saturated carbocycles. The summed E-state index contributed by atoms with van der Waals surface area (Å²) in [6, 6.07) is 4.80. The van der Waals surface area contributed by atoms with Crippen molar-refractivity contribution in [2.24, 2.45) is 0 Å². The summed E-state index contributed by atoms with van der Waals surface area (Å²) in [5, 5.41) is 0. The van der Waals surface area contributed by atoms with Crippen LogP contribution < -0.4 is 0 Å². The summed E-state index contributed by atoms with van der Waals surface area (Å²) in [6.45, 7) is 2.21. The highest BCUT2D eigenvalue weighted by atomic mass is 32.1. The van der Waals surface area contributed by atoms with Gasteiger partial charge < -0.3 is 0 Å². The van der Waals surface area contributed by atoms with Crippen molar-refractivity contribution in [3.8, 4) is 0 Å². The molecule has 2 aromatic rings. The van der Waals surface area contributed by atoms with E-state index in [0.29, 0.717) is 0 Å². The Hall–Kier alpha value is -0.340. The average molecular weight is 236 g/mol. The van der Waals surface area contributed by atoms with Crippen LogP contribution >= 0.6 is 22.7 Å². The smallest absolute Gasteiger partial charge is 0.0456 e. The van der Waals surface area contributed by atoms with Gasteiger partial charge >= 0.3 is 0 Å². The molecule has 2 heterocycles. The third-order valence-electron chi connectivity index (χ3n) is 3.36. The third kappa shape index (κ3) is 1.85. The molecule has 0 bridgehead atoms. The van der Waals surface area contributed by atoms with Gasteiger partial charge in [0, 0.05) is 19.2 Å². The number of thiophene rings is 2. The molecule has 2 aromatic heterocycles. The fraction of sp³-hybridized carbons (Fsp3) is 0.538. The Balaban J connectivity index is 1.93. The van der Waals surface area contributed by atoms with Crippen molar-refractivity contribution in [3.05, 3.63) is 21.9 Å². The molecule has 0 saturated heterocycles. The maximum atomic E-state index is 2.45. The monoisotopic (exact) mass is 236 g/mol. The van der Waals surface area contributed by atoms with Crippen LogP contribution in [0, 0.1) is 6.92 Å². The standard InChI is InChI=1S/C13H16S2/c1-9-7-12-13(14-9)8-11(15-12)10-5-3-2-4-6-10/h7-8,10H,2-6H2,1H3. The molecule has 80 valence electrons. The van der Waals surface area contributed by atoms with Gasteiger partial charge in [-0.15, -0.1) is 22.7 Å². The van der Waals surface area contributed by atoms with Gasteiger partial charge in [-0.2, -0.15) is 0 Å². The van der Waals surface area contributed by atoms with Gasteiger partial charge in [0.05, 0.1) is 0 Å². The Morgan fingerprint density at radius 3 is 2.47 bits per heavy atom. The zero-order valence-corrected chi connectivity index (χ0v) is 10.7. The van der Waals surface area contributed by atoms with Gasteiger partial charge in [-0.05, 0) is 37.8 Å². The summed E-state index contributed by atoms with van der Waals surface area (Å²) >= 11 is 3.98. The molecule has 0 N–H and O–H groups in total. The number of hydrogen-bond acceptors (Lipinski definition) is 2. The number of rotatable bonds is 1. The number of aryl methyl sites for hydroxylation is 1. The van der Waals surface area contributed by atoms with Crippen LogP contribution in [0.4, 0.5) is 0 Å². The van der Waals surface area contributed by atoms with Crippen LogP contribution in [0.25, 0.3) is 9.40 Å². The summed E-state index contributed by atoms with van der Waals surface area (Å²) in [5.74, 6) is 0.878. The molecule has 0 nitrogen and oxygen atoms in total. The third-order valence-corrected chi connectivity index (χ3v) is 5.73. The average Bonchev–Trinajstić information content (AvgIpc) is 2.76. The number of fused-ring (bicyclic) bond motifs is 1. The van der Waals surface area contributed by atoms with Crippen LogP contribution in [0.15, 0.2) is 12.1 Å². The maximum Gasteiger partial charge on any atom is 0.0456 e. The molecule has 1 fully saturated rings. The molecule has 0 aromatic carbocycles. The lowest BCUT2D eigenvalue weighted by atomic mass is 9.88. The first-order valence-corrected chi connectivity index (χ1v) is 7.46. The SMILES string of the molecule is Cc1cc2sc(C3CCCCC3)cc2s1. The molecule has 0 amide bonds. The highest BCUT2D eigenvalue weighted by molar-refractivity contribution is 7.27. The van der Waals surface area contributed by atoms with Crippen molar-refractivity contribution in [2.75, 3.05) is 0 Å². The van der Waals surface area contributed by atoms with Crippen molar-refractivity contribution in [1.29, 1.82) is 0 Å². The van der Waals surface area contributed by atoms with Crippen molar-refractivity contribution in [1.82, 2.24) is 0 Å². The van der Waals surface area contributed by atoms with E-state index in [4.69, 9.17) is 0 Å². The van der Waals surface area contributed by atoms with E-state index in [1.54, 1.807) is 4.88 Å². The van der Waals surface area contributed by atoms with E-state index in [2.05, 4.69) is 19.1 Å². The minimum Gasteiger partial charge on any atom is -0.140 e. The van der Waals surface area contributed by atoms with Crippen molar-refractivity contribution >= 4 is 32.1 Å². The molecule has 15 heavy (non-hydrogen) atoms. The normalized spacial score (nSPS) is 18.7. The zero-order chi connectivity index (χ0) is 10.3. The maximum absolute atomic E-state index is 2.45. The van der Waals surface area contributed by atoms with Crippen molar-refractivity contribution in [2.45, 2.75) is 44.9 Å². The highest BCUT2D eigenvalue weighted by Gasteiger charge is 2.18. The van der Waals surface area contributed by atoms with Crippen LogP contribution in [0.2, 0.25) is 0 Å². The second kappa shape index (κ2) is 3.91. The van der Waals surface area contributed by atoms with E-state index in [-0.39, 0.29) is 0 Å². The zero-order valence-electron chi connectivity index (χ0n) is 9.08. The largest absolute Gasteiger partial charge is 0.140 e. The second-order valence-electron chi connectivity index (χ2n) is 4.57. The van der Waals surface area contributed by atoms with E-state index in [1.807, 2.05) is 22.7 Å². The molecule has 3 rings (SSSR count). The molecule has 1 aliphatic carbocycles. The Morgan fingerprint density at radius 1 is 1.00 bits per heavy atom. The molecule has 2 heteroatoms. The van der Waals surface area contributed by atoms with Crippen molar-refractivity contribution in [3.63, 3.8) is 0 Å². The van der Waals surface area contributed by atoms with Crippen LogP contribution in [-0.4, -0.2) is 0 Å². The van der Waals surface area contributed by atoms with Gasteiger partial charge in [0.15, 0.2) is 0 Å². The van der Waals surface area contributed by atoms with Gasteiger partial charge in [-0.1, -0.05) is 19.3 Å². The molecule has 1 aliphatic rings. The Morgan fingerprint density at radius 2 is 1.73 bits per heavy atom.